The fourth-order valence-electron chi connectivity index (χ4n) is 2.97. The van der Waals surface area contributed by atoms with Crippen molar-refractivity contribution in [2.24, 2.45) is 0 Å². The smallest absolute Gasteiger partial charge is 0.261 e. The molecule has 0 radical (unpaired) electrons. The van der Waals surface area contributed by atoms with Gasteiger partial charge in [0.25, 0.3) is 5.91 Å². The molecule has 4 rings (SSSR count). The first-order valence-corrected chi connectivity index (χ1v) is 11.1. The van der Waals surface area contributed by atoms with Crippen LogP contribution in [0.3, 0.4) is 0 Å². The van der Waals surface area contributed by atoms with Crippen molar-refractivity contribution in [2.45, 2.75) is 0 Å². The maximum atomic E-state index is 12.6. The second-order valence-corrected chi connectivity index (χ2v) is 8.75. The molecule has 1 amide bonds. The minimum absolute atomic E-state index is 0.107. The van der Waals surface area contributed by atoms with Gasteiger partial charge in [-0.1, -0.05) is 39.1 Å². The molecule has 3 aromatic carbocycles. The van der Waals surface area contributed by atoms with Crippen molar-refractivity contribution in [3.05, 3.63) is 74.7 Å². The highest BCUT2D eigenvalue weighted by Crippen LogP contribution is 2.33. The molecule has 0 atom stereocenters. The molecule has 162 valence electrons. The SMILES string of the molecule is COc1ccc(Cl)cc1C(=O)NC(=S)Nc1ccc2oc(-c3cc(Br)ccc3Cl)nc2c1. The lowest BCUT2D eigenvalue weighted by Gasteiger charge is -2.12. The Morgan fingerprint density at radius 2 is 1.94 bits per heavy atom. The lowest BCUT2D eigenvalue weighted by atomic mass is 10.2. The summed E-state index contributed by atoms with van der Waals surface area (Å²) in [7, 11) is 1.47. The molecular weight excluding hydrogens is 537 g/mol. The fraction of sp³-hybridized carbons (Fsp3) is 0.0455. The van der Waals surface area contributed by atoms with E-state index in [2.05, 4.69) is 31.5 Å². The van der Waals surface area contributed by atoms with E-state index in [9.17, 15) is 4.79 Å². The number of anilines is 1. The average molecular weight is 551 g/mol. The van der Waals surface area contributed by atoms with Crippen molar-refractivity contribution in [3.8, 4) is 17.2 Å². The lowest BCUT2D eigenvalue weighted by Crippen LogP contribution is -2.34. The molecule has 1 heterocycles. The van der Waals surface area contributed by atoms with Gasteiger partial charge in [0.1, 0.15) is 11.3 Å². The van der Waals surface area contributed by atoms with Gasteiger partial charge in [-0.05, 0) is 66.8 Å². The molecule has 0 saturated carbocycles. The molecule has 2 N–H and O–H groups in total. The summed E-state index contributed by atoms with van der Waals surface area (Å²) >= 11 is 21.0. The number of nitrogens with one attached hydrogen (secondary N) is 2. The van der Waals surface area contributed by atoms with Crippen LogP contribution in [0.15, 0.2) is 63.5 Å². The molecule has 32 heavy (non-hydrogen) atoms. The Morgan fingerprint density at radius 3 is 2.72 bits per heavy atom. The van der Waals surface area contributed by atoms with E-state index in [4.69, 9.17) is 44.6 Å². The highest BCUT2D eigenvalue weighted by Gasteiger charge is 2.16. The number of fused-ring (bicyclic) bond motifs is 1. The highest BCUT2D eigenvalue weighted by molar-refractivity contribution is 9.10. The molecule has 0 spiro atoms. The molecule has 0 saturated heterocycles. The zero-order valence-electron chi connectivity index (χ0n) is 16.4. The minimum atomic E-state index is -0.448. The zero-order valence-corrected chi connectivity index (χ0v) is 20.3. The monoisotopic (exact) mass is 549 g/mol. The van der Waals surface area contributed by atoms with Crippen LogP contribution in [-0.4, -0.2) is 23.1 Å². The van der Waals surface area contributed by atoms with Gasteiger partial charge in [-0.25, -0.2) is 4.98 Å². The molecule has 10 heteroatoms. The number of aromatic nitrogens is 1. The average Bonchev–Trinajstić information content (AvgIpc) is 3.18. The Kier molecular flexibility index (Phi) is 6.66. The molecule has 1 aromatic heterocycles. The van der Waals surface area contributed by atoms with E-state index in [1.165, 1.54) is 13.2 Å². The van der Waals surface area contributed by atoms with E-state index >= 15 is 0 Å². The number of halogens is 3. The topological polar surface area (TPSA) is 76.4 Å². The summed E-state index contributed by atoms with van der Waals surface area (Å²) in [4.78, 5) is 17.1. The number of methoxy groups -OCH3 is 1. The van der Waals surface area contributed by atoms with E-state index in [-0.39, 0.29) is 10.7 Å². The maximum Gasteiger partial charge on any atom is 0.261 e. The molecule has 0 fully saturated rings. The van der Waals surface area contributed by atoms with Gasteiger partial charge in [0.05, 0.1) is 23.3 Å². The van der Waals surface area contributed by atoms with Crippen LogP contribution in [0.1, 0.15) is 10.4 Å². The minimum Gasteiger partial charge on any atom is -0.496 e. The summed E-state index contributed by atoms with van der Waals surface area (Å²) < 4.78 is 11.9. The Hall–Kier alpha value is -2.65. The van der Waals surface area contributed by atoms with Crippen LogP contribution >= 0.6 is 51.3 Å². The number of rotatable bonds is 4. The fourth-order valence-corrected chi connectivity index (χ4v) is 3.91. The molecule has 0 aliphatic rings. The van der Waals surface area contributed by atoms with Gasteiger partial charge in [0, 0.05) is 15.2 Å². The summed E-state index contributed by atoms with van der Waals surface area (Å²) in [6, 6.07) is 15.5. The van der Waals surface area contributed by atoms with Crippen LogP contribution in [0.5, 0.6) is 5.75 Å². The molecular formula is C22H14BrCl2N3O3S. The Bertz CT molecular complexity index is 1360. The number of hydrogen-bond donors (Lipinski definition) is 2. The van der Waals surface area contributed by atoms with E-state index in [0.29, 0.717) is 44.0 Å². The number of oxazole rings is 1. The molecule has 0 unspecified atom stereocenters. The zero-order chi connectivity index (χ0) is 22.8. The largest absolute Gasteiger partial charge is 0.496 e. The third-order valence-corrected chi connectivity index (χ3v) is 5.70. The third-order valence-electron chi connectivity index (χ3n) is 4.44. The molecule has 4 aromatic rings. The summed E-state index contributed by atoms with van der Waals surface area (Å²) in [6.07, 6.45) is 0. The van der Waals surface area contributed by atoms with Gasteiger partial charge >= 0.3 is 0 Å². The van der Waals surface area contributed by atoms with Crippen molar-refractivity contribution >= 4 is 79.2 Å². The van der Waals surface area contributed by atoms with Crippen molar-refractivity contribution in [2.75, 3.05) is 12.4 Å². The van der Waals surface area contributed by atoms with Crippen LogP contribution in [-0.2, 0) is 0 Å². The van der Waals surface area contributed by atoms with E-state index < -0.39 is 5.91 Å². The van der Waals surface area contributed by atoms with Gasteiger partial charge < -0.3 is 14.5 Å². The van der Waals surface area contributed by atoms with Gasteiger partial charge in [0.15, 0.2) is 10.7 Å². The van der Waals surface area contributed by atoms with Crippen molar-refractivity contribution < 1.29 is 13.9 Å². The van der Waals surface area contributed by atoms with Crippen LogP contribution in [0.2, 0.25) is 10.0 Å². The van der Waals surface area contributed by atoms with E-state index in [1.807, 2.05) is 12.1 Å². The number of benzene rings is 3. The van der Waals surface area contributed by atoms with Gasteiger partial charge in [-0.15, -0.1) is 0 Å². The molecule has 6 nitrogen and oxygen atoms in total. The van der Waals surface area contributed by atoms with Crippen molar-refractivity contribution in [3.63, 3.8) is 0 Å². The first-order chi connectivity index (χ1) is 15.3. The number of thiocarbonyl (C=S) groups is 1. The van der Waals surface area contributed by atoms with Gasteiger partial charge in [-0.3, -0.25) is 10.1 Å². The summed E-state index contributed by atoms with van der Waals surface area (Å²) in [5, 5.41) is 6.63. The number of nitrogens with zero attached hydrogens (tertiary/aromatic N) is 1. The number of carbonyl (C=O) groups is 1. The second kappa shape index (κ2) is 9.46. The standard InChI is InChI=1S/C22H14BrCl2N3O3S/c1-30-18-6-3-12(24)9-15(18)20(29)28-22(32)26-13-4-7-19-17(10-13)27-21(31-19)14-8-11(23)2-5-16(14)25/h2-10H,1H3,(H2,26,28,29,32). The van der Waals surface area contributed by atoms with Crippen LogP contribution in [0.25, 0.3) is 22.6 Å². The number of hydrogen-bond acceptors (Lipinski definition) is 5. The van der Waals surface area contributed by atoms with E-state index in [0.717, 1.165) is 4.47 Å². The second-order valence-electron chi connectivity index (χ2n) is 6.58. The molecule has 0 aliphatic heterocycles. The molecule has 0 bridgehead atoms. The van der Waals surface area contributed by atoms with Gasteiger partial charge in [0.2, 0.25) is 5.89 Å². The summed E-state index contributed by atoms with van der Waals surface area (Å²) in [6.45, 7) is 0. The first kappa shape index (κ1) is 22.5. The first-order valence-electron chi connectivity index (χ1n) is 9.16. The van der Waals surface area contributed by atoms with Gasteiger partial charge in [-0.2, -0.15) is 0 Å². The molecule has 0 aliphatic carbocycles. The van der Waals surface area contributed by atoms with E-state index in [1.54, 1.807) is 36.4 Å². The summed E-state index contributed by atoms with van der Waals surface area (Å²) in [5.74, 6) is 0.334. The highest BCUT2D eigenvalue weighted by atomic mass is 79.9. The number of amides is 1. The Balaban J connectivity index is 1.52. The number of ether oxygens (including phenoxy) is 1. The lowest BCUT2D eigenvalue weighted by molar-refractivity contribution is 0.0975. The van der Waals surface area contributed by atoms with Crippen molar-refractivity contribution in [1.29, 1.82) is 0 Å². The van der Waals surface area contributed by atoms with Crippen LogP contribution < -0.4 is 15.4 Å². The number of carbonyl (C=O) groups excluding carboxylic acids is 1. The predicted octanol–water partition coefficient (Wildman–Crippen LogP) is 6.70. The maximum absolute atomic E-state index is 12.6. The van der Waals surface area contributed by atoms with Crippen LogP contribution in [0, 0.1) is 0 Å². The third kappa shape index (κ3) is 4.88. The Labute approximate surface area is 207 Å². The Morgan fingerprint density at radius 1 is 1.12 bits per heavy atom. The summed E-state index contributed by atoms with van der Waals surface area (Å²) in [5.41, 5.74) is 2.75. The van der Waals surface area contributed by atoms with Crippen LogP contribution in [0.4, 0.5) is 5.69 Å². The quantitative estimate of drug-likeness (QED) is 0.275. The van der Waals surface area contributed by atoms with Crippen molar-refractivity contribution in [1.82, 2.24) is 10.3 Å². The predicted molar refractivity (Wildman–Crippen MR) is 134 cm³/mol. The normalized spacial score (nSPS) is 10.8.